The summed E-state index contributed by atoms with van der Waals surface area (Å²) < 4.78 is 23.4. The molecule has 0 aromatic rings. The van der Waals surface area contributed by atoms with E-state index in [0.29, 0.717) is 17.4 Å². The molecule has 9 heteroatoms. The molecule has 2 N–H and O–H groups in total. The monoisotopic (exact) mass is 1040 g/mol. The highest BCUT2D eigenvalue weighted by Crippen LogP contribution is 2.38. The molecule has 0 aliphatic carbocycles. The number of unbranched alkanes of at least 4 members (excludes halogenated alkanes) is 47. The third-order valence-corrected chi connectivity index (χ3v) is 16.0. The van der Waals surface area contributed by atoms with Crippen LogP contribution in [0.4, 0.5) is 0 Å². The van der Waals surface area contributed by atoms with Crippen molar-refractivity contribution in [3.63, 3.8) is 0 Å². The van der Waals surface area contributed by atoms with Crippen LogP contribution in [-0.4, -0.2) is 68.5 Å². The van der Waals surface area contributed by atoms with E-state index in [0.717, 1.165) is 38.5 Å². The van der Waals surface area contributed by atoms with E-state index in [2.05, 4.69) is 19.2 Å². The SMILES string of the molecule is CCCCCCCCCCCCCCCCCCCCCCCCCCCCCC/C=C/C(O)C(COP(=O)([O-])OCC[N+](C)(C)C)NC(=O)CCCCCCCCCCCCCCCCCCCCCC. The molecule has 0 saturated heterocycles. The molecule has 0 radical (unpaired) electrons. The van der Waals surface area contributed by atoms with Gasteiger partial charge in [-0.2, -0.15) is 0 Å². The van der Waals surface area contributed by atoms with Crippen LogP contribution in [0.5, 0.6) is 0 Å². The average Bonchev–Trinajstić information content (AvgIpc) is 3.34. The van der Waals surface area contributed by atoms with Crippen LogP contribution < -0.4 is 10.2 Å². The number of aliphatic hydroxyl groups excluding tert-OH is 1. The van der Waals surface area contributed by atoms with Crippen LogP contribution >= 0.6 is 7.82 Å². The van der Waals surface area contributed by atoms with E-state index in [1.54, 1.807) is 6.08 Å². The van der Waals surface area contributed by atoms with E-state index in [4.69, 9.17) is 9.05 Å². The summed E-state index contributed by atoms with van der Waals surface area (Å²) in [7, 11) is 1.28. The molecule has 430 valence electrons. The van der Waals surface area contributed by atoms with Gasteiger partial charge < -0.3 is 28.8 Å². The quantitative estimate of drug-likeness (QED) is 0.0272. The Bertz CT molecular complexity index is 1180. The molecule has 3 unspecified atom stereocenters. The average molecular weight is 1040 g/mol. The van der Waals surface area contributed by atoms with Crippen molar-refractivity contribution in [3.05, 3.63) is 12.2 Å². The highest BCUT2D eigenvalue weighted by atomic mass is 31.2. The molecule has 8 nitrogen and oxygen atoms in total. The largest absolute Gasteiger partial charge is 0.756 e. The molecule has 0 heterocycles. The van der Waals surface area contributed by atoms with Gasteiger partial charge in [0.15, 0.2) is 0 Å². The molecule has 0 rings (SSSR count). The van der Waals surface area contributed by atoms with E-state index in [1.165, 1.54) is 276 Å². The van der Waals surface area contributed by atoms with Crippen LogP contribution in [0.25, 0.3) is 0 Å². The van der Waals surface area contributed by atoms with Gasteiger partial charge in [0.25, 0.3) is 7.82 Å². The minimum Gasteiger partial charge on any atom is -0.756 e. The second kappa shape index (κ2) is 55.0. The number of aliphatic hydroxyl groups is 1. The zero-order valence-electron chi connectivity index (χ0n) is 49.2. The molecule has 0 aromatic heterocycles. The number of nitrogens with zero attached hydrogens (tertiary/aromatic N) is 1. The Morgan fingerprint density at radius 1 is 0.472 bits per heavy atom. The highest BCUT2D eigenvalue weighted by molar-refractivity contribution is 7.45. The second-order valence-electron chi connectivity index (χ2n) is 23.5. The summed E-state index contributed by atoms with van der Waals surface area (Å²) in [4.78, 5) is 25.5. The fourth-order valence-corrected chi connectivity index (χ4v) is 10.7. The van der Waals surface area contributed by atoms with Crippen molar-refractivity contribution in [2.75, 3.05) is 40.9 Å². The standard InChI is InChI=1S/C63H127N2O6P/c1-6-8-10-12-14-16-18-20-22-24-26-28-29-30-31-32-33-34-35-36-37-38-40-42-44-46-48-50-52-54-56-62(66)61(60-71-72(68,69)70-59-58-65(3,4)5)64-63(67)57-55-53-51-49-47-45-43-41-39-27-25-23-21-19-17-15-13-11-9-7-2/h54,56,61-62,66H,6-53,55,57-60H2,1-5H3,(H-,64,67,68,69)/b56-54+. The Hall–Kier alpha value is -0.760. The molecule has 0 bridgehead atoms. The van der Waals surface area contributed by atoms with Crippen molar-refractivity contribution >= 4 is 13.7 Å². The van der Waals surface area contributed by atoms with Gasteiger partial charge in [-0.1, -0.05) is 321 Å². The Morgan fingerprint density at radius 3 is 1.04 bits per heavy atom. The van der Waals surface area contributed by atoms with Crippen molar-refractivity contribution in [2.45, 2.75) is 347 Å². The maximum atomic E-state index is 13.0. The van der Waals surface area contributed by atoms with Gasteiger partial charge in [-0.25, -0.2) is 0 Å². The zero-order valence-corrected chi connectivity index (χ0v) is 50.1. The first-order chi connectivity index (χ1) is 35.0. The smallest absolute Gasteiger partial charge is 0.268 e. The van der Waals surface area contributed by atoms with Crippen molar-refractivity contribution in [3.8, 4) is 0 Å². The molecular formula is C63H127N2O6P. The van der Waals surface area contributed by atoms with Gasteiger partial charge in [-0.3, -0.25) is 9.36 Å². The number of amides is 1. The van der Waals surface area contributed by atoms with E-state index >= 15 is 0 Å². The molecule has 0 fully saturated rings. The lowest BCUT2D eigenvalue weighted by molar-refractivity contribution is -0.870. The van der Waals surface area contributed by atoms with Crippen LogP contribution in [0, 0.1) is 0 Å². The number of allylic oxidation sites excluding steroid dienone is 1. The summed E-state index contributed by atoms with van der Waals surface area (Å²) in [6.07, 6.45) is 68.8. The number of hydrogen-bond acceptors (Lipinski definition) is 6. The third kappa shape index (κ3) is 57.0. The van der Waals surface area contributed by atoms with Crippen LogP contribution in [0.2, 0.25) is 0 Å². The van der Waals surface area contributed by atoms with Gasteiger partial charge in [-0.05, 0) is 19.3 Å². The lowest BCUT2D eigenvalue weighted by Crippen LogP contribution is -2.45. The minimum atomic E-state index is -4.60. The molecule has 0 aromatic carbocycles. The number of carbonyl (C=O) groups excluding carboxylic acids is 1. The first kappa shape index (κ1) is 71.2. The van der Waals surface area contributed by atoms with Crippen molar-refractivity contribution in [1.82, 2.24) is 5.32 Å². The number of phosphoric acid groups is 1. The maximum Gasteiger partial charge on any atom is 0.268 e. The number of hydrogen-bond donors (Lipinski definition) is 2. The topological polar surface area (TPSA) is 108 Å². The van der Waals surface area contributed by atoms with Gasteiger partial charge in [0, 0.05) is 6.42 Å². The fourth-order valence-electron chi connectivity index (χ4n) is 9.98. The molecule has 0 saturated carbocycles. The van der Waals surface area contributed by atoms with Crippen molar-refractivity contribution < 1.29 is 32.9 Å². The number of carbonyl (C=O) groups is 1. The molecule has 0 aliphatic heterocycles. The number of likely N-dealkylation sites (N-methyl/N-ethyl adjacent to an activating group) is 1. The maximum absolute atomic E-state index is 13.0. The van der Waals surface area contributed by atoms with Crippen LogP contribution in [0.3, 0.4) is 0 Å². The minimum absolute atomic E-state index is 0.00285. The number of phosphoric ester groups is 1. The first-order valence-corrected chi connectivity index (χ1v) is 33.5. The molecule has 72 heavy (non-hydrogen) atoms. The van der Waals surface area contributed by atoms with Gasteiger partial charge in [0.1, 0.15) is 13.2 Å². The van der Waals surface area contributed by atoms with E-state index in [-0.39, 0.29) is 19.1 Å². The Labute approximate surface area is 450 Å². The number of rotatable bonds is 60. The Kier molecular flexibility index (Phi) is 54.4. The molecule has 0 spiro atoms. The zero-order chi connectivity index (χ0) is 52.7. The number of nitrogens with one attached hydrogen (secondary N) is 1. The van der Waals surface area contributed by atoms with Crippen LogP contribution in [-0.2, 0) is 18.4 Å². The summed E-state index contributed by atoms with van der Waals surface area (Å²) in [5.41, 5.74) is 0. The van der Waals surface area contributed by atoms with Crippen LogP contribution in [0.1, 0.15) is 335 Å². The predicted molar refractivity (Wildman–Crippen MR) is 312 cm³/mol. The second-order valence-corrected chi connectivity index (χ2v) is 24.9. The van der Waals surface area contributed by atoms with E-state index in [1.807, 2.05) is 27.2 Å². The number of quaternary nitrogens is 1. The Morgan fingerprint density at radius 2 is 0.750 bits per heavy atom. The normalized spacial score (nSPS) is 13.8. The van der Waals surface area contributed by atoms with Crippen LogP contribution in [0.15, 0.2) is 12.2 Å². The lowest BCUT2D eigenvalue weighted by Gasteiger charge is -2.29. The highest BCUT2D eigenvalue weighted by Gasteiger charge is 2.23. The molecular weight excluding hydrogens is 912 g/mol. The fraction of sp³-hybridized carbons (Fsp3) is 0.952. The van der Waals surface area contributed by atoms with E-state index in [9.17, 15) is 19.4 Å². The molecule has 1 amide bonds. The summed E-state index contributed by atoms with van der Waals surface area (Å²) in [5.74, 6) is -0.189. The predicted octanol–water partition coefficient (Wildman–Crippen LogP) is 19.1. The third-order valence-electron chi connectivity index (χ3n) is 15.0. The van der Waals surface area contributed by atoms with E-state index < -0.39 is 20.0 Å². The molecule has 3 atom stereocenters. The van der Waals surface area contributed by atoms with Crippen molar-refractivity contribution in [1.29, 1.82) is 0 Å². The van der Waals surface area contributed by atoms with Gasteiger partial charge in [-0.15, -0.1) is 0 Å². The van der Waals surface area contributed by atoms with Gasteiger partial charge in [0.2, 0.25) is 5.91 Å². The Balaban J connectivity index is 4.07. The summed E-state index contributed by atoms with van der Waals surface area (Å²) in [5, 5.41) is 13.9. The molecule has 0 aliphatic rings. The van der Waals surface area contributed by atoms with Gasteiger partial charge in [0.05, 0.1) is 39.9 Å². The summed E-state index contributed by atoms with van der Waals surface area (Å²) in [6, 6.07) is -0.883. The summed E-state index contributed by atoms with van der Waals surface area (Å²) >= 11 is 0. The van der Waals surface area contributed by atoms with Gasteiger partial charge >= 0.3 is 0 Å². The van der Waals surface area contributed by atoms with Crippen molar-refractivity contribution in [2.24, 2.45) is 0 Å². The summed E-state index contributed by atoms with van der Waals surface area (Å²) in [6.45, 7) is 4.71. The lowest BCUT2D eigenvalue weighted by atomic mass is 10.0. The first-order valence-electron chi connectivity index (χ1n) is 32.1.